The molecule has 0 aromatic rings. The molecular weight excluding hydrogens is 226 g/mol. The zero-order valence-electron chi connectivity index (χ0n) is 8.29. The highest BCUT2D eigenvalue weighted by Crippen LogP contribution is 2.43. The number of hydrogen-bond acceptors (Lipinski definition) is 2. The van der Waals surface area contributed by atoms with Crippen molar-refractivity contribution in [1.82, 2.24) is 4.90 Å². The quantitative estimate of drug-likeness (QED) is 0.744. The van der Waals surface area contributed by atoms with E-state index in [-0.39, 0.29) is 37.2 Å². The van der Waals surface area contributed by atoms with Gasteiger partial charge in [0.1, 0.15) is 0 Å². The zero-order chi connectivity index (χ0) is 10.3. The molecule has 0 bridgehead atoms. The Morgan fingerprint density at radius 1 is 1.40 bits per heavy atom. The van der Waals surface area contributed by atoms with Crippen molar-refractivity contribution in [2.45, 2.75) is 31.2 Å². The Bertz CT molecular complexity index is 254. The Kier molecular flexibility index (Phi) is 3.55. The van der Waals surface area contributed by atoms with Gasteiger partial charge in [0.2, 0.25) is 11.8 Å². The Hall–Kier alpha value is -0.420. The third-order valence-corrected chi connectivity index (χ3v) is 2.98. The van der Waals surface area contributed by atoms with Crippen LogP contribution in [0.2, 0.25) is 0 Å². The Balaban J connectivity index is 0.00000112. The molecule has 0 aromatic carbocycles. The van der Waals surface area contributed by atoms with Gasteiger partial charge in [-0.25, -0.2) is 8.78 Å². The number of nitrogens with two attached hydrogens (primary N) is 1. The first kappa shape index (κ1) is 12.6. The van der Waals surface area contributed by atoms with E-state index in [0.29, 0.717) is 13.1 Å². The highest BCUT2D eigenvalue weighted by molar-refractivity contribution is 5.85. The van der Waals surface area contributed by atoms with Crippen molar-refractivity contribution in [2.24, 2.45) is 11.7 Å². The molecule has 1 amide bonds. The lowest BCUT2D eigenvalue weighted by Gasteiger charge is -2.36. The standard InChI is InChI=1S/C9H14F2N2O.ClH/c10-9(11)3-6(4-9)8(14)13-2-1-7(12)5-13;/h6-7H,1-5,12H2;1H/t7-;/m1./s1. The van der Waals surface area contributed by atoms with Crippen molar-refractivity contribution in [2.75, 3.05) is 13.1 Å². The van der Waals surface area contributed by atoms with Crippen LogP contribution in [-0.4, -0.2) is 35.9 Å². The minimum absolute atomic E-state index is 0. The van der Waals surface area contributed by atoms with Gasteiger partial charge < -0.3 is 10.6 Å². The number of rotatable bonds is 1. The van der Waals surface area contributed by atoms with Gasteiger partial charge in [-0.1, -0.05) is 0 Å². The predicted octanol–water partition coefficient (Wildman–Crippen LogP) is 1.01. The van der Waals surface area contributed by atoms with Gasteiger partial charge >= 0.3 is 0 Å². The SMILES string of the molecule is Cl.N[C@@H]1CCN(C(=O)C2CC(F)(F)C2)C1. The summed E-state index contributed by atoms with van der Waals surface area (Å²) in [4.78, 5) is 13.2. The minimum Gasteiger partial charge on any atom is -0.341 e. The first-order chi connectivity index (χ1) is 6.48. The number of carbonyl (C=O) groups is 1. The molecule has 0 radical (unpaired) electrons. The van der Waals surface area contributed by atoms with Gasteiger partial charge in [0.05, 0.1) is 0 Å². The molecule has 0 spiro atoms. The van der Waals surface area contributed by atoms with Gasteiger partial charge in [-0.15, -0.1) is 12.4 Å². The largest absolute Gasteiger partial charge is 0.341 e. The molecule has 1 atom stereocenters. The van der Waals surface area contributed by atoms with E-state index < -0.39 is 11.8 Å². The van der Waals surface area contributed by atoms with Crippen LogP contribution in [-0.2, 0) is 4.79 Å². The lowest BCUT2D eigenvalue weighted by molar-refractivity contribution is -0.158. The molecule has 88 valence electrons. The number of hydrogen-bond donors (Lipinski definition) is 1. The average molecular weight is 241 g/mol. The van der Waals surface area contributed by atoms with Crippen LogP contribution in [0.25, 0.3) is 0 Å². The first-order valence-corrected chi connectivity index (χ1v) is 4.90. The summed E-state index contributed by atoms with van der Waals surface area (Å²) < 4.78 is 25.0. The van der Waals surface area contributed by atoms with Crippen molar-refractivity contribution >= 4 is 18.3 Å². The molecule has 1 aliphatic carbocycles. The van der Waals surface area contributed by atoms with Crippen LogP contribution < -0.4 is 5.73 Å². The molecule has 15 heavy (non-hydrogen) atoms. The molecule has 2 fully saturated rings. The summed E-state index contributed by atoms with van der Waals surface area (Å²) >= 11 is 0. The molecule has 1 aliphatic heterocycles. The van der Waals surface area contributed by atoms with Crippen molar-refractivity contribution in [3.63, 3.8) is 0 Å². The van der Waals surface area contributed by atoms with E-state index in [0.717, 1.165) is 6.42 Å². The molecule has 6 heteroatoms. The Labute approximate surface area is 93.4 Å². The highest BCUT2D eigenvalue weighted by atomic mass is 35.5. The summed E-state index contributed by atoms with van der Waals surface area (Å²) in [6.07, 6.45) is 0.226. The summed E-state index contributed by atoms with van der Waals surface area (Å²) in [6, 6.07) is 0.0273. The monoisotopic (exact) mass is 240 g/mol. The first-order valence-electron chi connectivity index (χ1n) is 4.90. The molecule has 2 aliphatic rings. The fourth-order valence-electron chi connectivity index (χ4n) is 2.08. The lowest BCUT2D eigenvalue weighted by atomic mass is 9.80. The second-order valence-electron chi connectivity index (χ2n) is 4.29. The maximum atomic E-state index is 12.5. The van der Waals surface area contributed by atoms with Crippen LogP contribution in [0.15, 0.2) is 0 Å². The van der Waals surface area contributed by atoms with E-state index in [1.165, 1.54) is 0 Å². The topological polar surface area (TPSA) is 46.3 Å². The molecule has 1 saturated carbocycles. The van der Waals surface area contributed by atoms with Gasteiger partial charge in [0.15, 0.2) is 0 Å². The number of amides is 1. The number of carbonyl (C=O) groups excluding carboxylic acids is 1. The maximum absolute atomic E-state index is 12.5. The zero-order valence-corrected chi connectivity index (χ0v) is 9.10. The van der Waals surface area contributed by atoms with E-state index in [2.05, 4.69) is 0 Å². The lowest BCUT2D eigenvalue weighted by Crippen LogP contribution is -2.46. The maximum Gasteiger partial charge on any atom is 0.249 e. The van der Waals surface area contributed by atoms with E-state index in [4.69, 9.17) is 5.73 Å². The van der Waals surface area contributed by atoms with Crippen molar-refractivity contribution < 1.29 is 13.6 Å². The fourth-order valence-corrected chi connectivity index (χ4v) is 2.08. The van der Waals surface area contributed by atoms with Crippen LogP contribution in [0.3, 0.4) is 0 Å². The molecule has 0 aromatic heterocycles. The molecule has 0 unspecified atom stereocenters. The molecular formula is C9H15ClF2N2O. The smallest absolute Gasteiger partial charge is 0.249 e. The molecule has 1 heterocycles. The highest BCUT2D eigenvalue weighted by Gasteiger charge is 2.50. The van der Waals surface area contributed by atoms with Crippen molar-refractivity contribution in [3.8, 4) is 0 Å². The average Bonchev–Trinajstić information content (AvgIpc) is 2.46. The molecule has 2 N–H and O–H groups in total. The normalized spacial score (nSPS) is 29.5. The van der Waals surface area contributed by atoms with Crippen LogP contribution in [0.5, 0.6) is 0 Å². The van der Waals surface area contributed by atoms with Crippen LogP contribution >= 0.6 is 12.4 Å². The third kappa shape index (κ3) is 2.58. The van der Waals surface area contributed by atoms with Gasteiger partial charge in [-0.2, -0.15) is 0 Å². The van der Waals surface area contributed by atoms with Crippen LogP contribution in [0.4, 0.5) is 8.78 Å². The summed E-state index contributed by atoms with van der Waals surface area (Å²) in [7, 11) is 0. The van der Waals surface area contributed by atoms with E-state index in [9.17, 15) is 13.6 Å². The Morgan fingerprint density at radius 3 is 2.40 bits per heavy atom. The molecule has 1 saturated heterocycles. The third-order valence-electron chi connectivity index (χ3n) is 2.98. The number of nitrogens with zero attached hydrogens (tertiary/aromatic N) is 1. The molecule has 2 rings (SSSR count). The summed E-state index contributed by atoms with van der Waals surface area (Å²) in [5.74, 6) is -3.21. The summed E-state index contributed by atoms with van der Waals surface area (Å²) in [5, 5.41) is 0. The fraction of sp³-hybridized carbons (Fsp3) is 0.889. The predicted molar refractivity (Wildman–Crippen MR) is 54.1 cm³/mol. The van der Waals surface area contributed by atoms with Gasteiger partial charge in [0, 0.05) is 37.9 Å². The summed E-state index contributed by atoms with van der Waals surface area (Å²) in [5.41, 5.74) is 5.63. The number of likely N-dealkylation sites (tertiary alicyclic amines) is 1. The number of alkyl halides is 2. The van der Waals surface area contributed by atoms with Gasteiger partial charge in [-0.05, 0) is 6.42 Å². The van der Waals surface area contributed by atoms with E-state index in [1.807, 2.05) is 0 Å². The van der Waals surface area contributed by atoms with Gasteiger partial charge in [0.25, 0.3) is 0 Å². The Morgan fingerprint density at radius 2 is 2.00 bits per heavy atom. The van der Waals surface area contributed by atoms with Gasteiger partial charge in [-0.3, -0.25) is 4.79 Å². The minimum atomic E-state index is -2.61. The second-order valence-corrected chi connectivity index (χ2v) is 4.29. The van der Waals surface area contributed by atoms with Crippen molar-refractivity contribution in [1.29, 1.82) is 0 Å². The van der Waals surface area contributed by atoms with Crippen molar-refractivity contribution in [3.05, 3.63) is 0 Å². The number of halogens is 3. The summed E-state index contributed by atoms with van der Waals surface area (Å²) in [6.45, 7) is 1.16. The van der Waals surface area contributed by atoms with Crippen LogP contribution in [0.1, 0.15) is 19.3 Å². The van der Waals surface area contributed by atoms with E-state index in [1.54, 1.807) is 4.90 Å². The second kappa shape index (κ2) is 4.22. The van der Waals surface area contributed by atoms with Crippen LogP contribution in [0, 0.1) is 5.92 Å². The molecule has 3 nitrogen and oxygen atoms in total. The van der Waals surface area contributed by atoms with E-state index >= 15 is 0 Å².